The lowest BCUT2D eigenvalue weighted by atomic mass is 9.94. The molecule has 1 heterocycles. The van der Waals surface area contributed by atoms with Crippen LogP contribution in [0.5, 0.6) is 0 Å². The van der Waals surface area contributed by atoms with Crippen molar-refractivity contribution in [2.24, 2.45) is 0 Å². The minimum Gasteiger partial charge on any atom is -0.465 e. The fourth-order valence-electron chi connectivity index (χ4n) is 3.41. The zero-order valence-electron chi connectivity index (χ0n) is 17.4. The van der Waals surface area contributed by atoms with Crippen LogP contribution in [0, 0.1) is 12.7 Å². The Labute approximate surface area is 185 Å². The Kier molecular flexibility index (Phi) is 5.71. The second kappa shape index (κ2) is 8.50. The average Bonchev–Trinajstić information content (AvgIpc) is 3.28. The van der Waals surface area contributed by atoms with E-state index < -0.39 is 23.5 Å². The fraction of sp³-hybridized carbons (Fsp3) is 0.125. The number of aromatic nitrogens is 2. The number of carbonyl (C=O) groups excluding carboxylic acids is 1. The fourth-order valence-corrected chi connectivity index (χ4v) is 3.41. The van der Waals surface area contributed by atoms with Gasteiger partial charge in [-0.1, -0.05) is 35.5 Å². The van der Waals surface area contributed by atoms with Crippen molar-refractivity contribution >= 4 is 5.97 Å². The van der Waals surface area contributed by atoms with E-state index in [1.807, 2.05) is 0 Å². The summed E-state index contributed by atoms with van der Waals surface area (Å²) in [4.78, 5) is 15.6. The van der Waals surface area contributed by atoms with Gasteiger partial charge in [0.05, 0.1) is 18.2 Å². The molecule has 9 heteroatoms. The largest absolute Gasteiger partial charge is 0.465 e. The summed E-state index contributed by atoms with van der Waals surface area (Å²) in [5.41, 5.74) is 0.323. The van der Waals surface area contributed by atoms with E-state index in [9.17, 15) is 22.4 Å². The van der Waals surface area contributed by atoms with Gasteiger partial charge in [0.15, 0.2) is 0 Å². The van der Waals surface area contributed by atoms with Crippen LogP contribution in [0.1, 0.15) is 21.5 Å². The Morgan fingerprint density at radius 1 is 0.970 bits per heavy atom. The quantitative estimate of drug-likeness (QED) is 0.265. The van der Waals surface area contributed by atoms with Crippen molar-refractivity contribution in [1.29, 1.82) is 0 Å². The molecule has 0 N–H and O–H groups in total. The topological polar surface area (TPSA) is 65.2 Å². The molecule has 0 saturated heterocycles. The maximum atomic E-state index is 14.2. The minimum atomic E-state index is -4.62. The lowest BCUT2D eigenvalue weighted by Gasteiger charge is -2.15. The first-order chi connectivity index (χ1) is 15.7. The molecule has 0 amide bonds. The first-order valence-corrected chi connectivity index (χ1v) is 9.68. The normalized spacial score (nSPS) is 11.5. The van der Waals surface area contributed by atoms with Gasteiger partial charge in [-0.05, 0) is 53.9 Å². The summed E-state index contributed by atoms with van der Waals surface area (Å²) >= 11 is 0. The molecule has 0 fully saturated rings. The van der Waals surface area contributed by atoms with E-state index in [1.165, 1.54) is 24.3 Å². The number of esters is 1. The SMILES string of the molecule is COC(=O)c1ccc(-c2noc(-c3ccc(-c4ccccc4C)c(C(F)(F)F)c3)n2)cc1F. The molecule has 0 aliphatic heterocycles. The number of hydrogen-bond donors (Lipinski definition) is 0. The highest BCUT2D eigenvalue weighted by Crippen LogP contribution is 2.40. The molecule has 5 nitrogen and oxygen atoms in total. The molecule has 0 radical (unpaired) electrons. The second-order valence-corrected chi connectivity index (χ2v) is 7.18. The van der Waals surface area contributed by atoms with Gasteiger partial charge in [0.1, 0.15) is 5.82 Å². The first-order valence-electron chi connectivity index (χ1n) is 9.68. The Morgan fingerprint density at radius 3 is 2.36 bits per heavy atom. The van der Waals surface area contributed by atoms with Crippen LogP contribution in [0.15, 0.2) is 65.2 Å². The minimum absolute atomic E-state index is 0.0320. The summed E-state index contributed by atoms with van der Waals surface area (Å²) in [5, 5.41) is 3.73. The van der Waals surface area contributed by atoms with Gasteiger partial charge in [0.25, 0.3) is 5.89 Å². The van der Waals surface area contributed by atoms with E-state index in [0.29, 0.717) is 11.1 Å². The third-order valence-corrected chi connectivity index (χ3v) is 5.07. The summed E-state index contributed by atoms with van der Waals surface area (Å²) in [6, 6.07) is 14.1. The average molecular weight is 456 g/mol. The van der Waals surface area contributed by atoms with Crippen molar-refractivity contribution in [2.45, 2.75) is 13.1 Å². The van der Waals surface area contributed by atoms with Gasteiger partial charge in [0, 0.05) is 11.1 Å². The van der Waals surface area contributed by atoms with Crippen molar-refractivity contribution in [3.8, 4) is 34.0 Å². The number of rotatable bonds is 4. The van der Waals surface area contributed by atoms with E-state index in [-0.39, 0.29) is 34.0 Å². The lowest BCUT2D eigenvalue weighted by molar-refractivity contribution is -0.137. The van der Waals surface area contributed by atoms with Crippen molar-refractivity contribution in [3.05, 3.63) is 83.2 Å². The highest BCUT2D eigenvalue weighted by Gasteiger charge is 2.34. The Bertz CT molecular complexity index is 1350. The maximum Gasteiger partial charge on any atom is 0.417 e. The second-order valence-electron chi connectivity index (χ2n) is 7.18. The van der Waals surface area contributed by atoms with E-state index >= 15 is 0 Å². The molecule has 0 saturated carbocycles. The Balaban J connectivity index is 1.74. The molecule has 4 aromatic rings. The molecule has 168 valence electrons. The van der Waals surface area contributed by atoms with Crippen LogP contribution in [0.4, 0.5) is 17.6 Å². The van der Waals surface area contributed by atoms with Crippen LogP contribution in [0.3, 0.4) is 0 Å². The highest BCUT2D eigenvalue weighted by atomic mass is 19.4. The van der Waals surface area contributed by atoms with Crippen molar-refractivity contribution < 1.29 is 31.6 Å². The van der Waals surface area contributed by atoms with Crippen molar-refractivity contribution in [1.82, 2.24) is 10.1 Å². The third kappa shape index (κ3) is 4.34. The van der Waals surface area contributed by atoms with Crippen LogP contribution in [0.2, 0.25) is 0 Å². The number of halogens is 4. The summed E-state index contributed by atoms with van der Waals surface area (Å²) in [6.07, 6.45) is -4.62. The Morgan fingerprint density at radius 2 is 1.70 bits per heavy atom. The number of carbonyl (C=O) groups is 1. The predicted molar refractivity (Wildman–Crippen MR) is 112 cm³/mol. The standard InChI is InChI=1S/C24H16F4N2O3/c1-13-5-3-4-6-16(13)17-9-8-15(11-19(17)24(26,27)28)22-29-21(30-33-22)14-7-10-18(20(25)12-14)23(31)32-2/h3-12H,1-2H3. The lowest BCUT2D eigenvalue weighted by Crippen LogP contribution is -2.08. The Hall–Kier alpha value is -4.01. The summed E-state index contributed by atoms with van der Waals surface area (Å²) < 4.78 is 65.4. The summed E-state index contributed by atoms with van der Waals surface area (Å²) in [6.45, 7) is 1.73. The first kappa shape index (κ1) is 22.2. The monoisotopic (exact) mass is 456 g/mol. The van der Waals surface area contributed by atoms with Crippen LogP contribution in [0.25, 0.3) is 34.0 Å². The van der Waals surface area contributed by atoms with Crippen LogP contribution in [-0.4, -0.2) is 23.2 Å². The molecule has 0 bridgehead atoms. The van der Waals surface area contributed by atoms with Crippen molar-refractivity contribution in [2.75, 3.05) is 7.11 Å². The van der Waals surface area contributed by atoms with E-state index in [4.69, 9.17) is 4.52 Å². The number of hydrogen-bond acceptors (Lipinski definition) is 5. The molecule has 1 aromatic heterocycles. The molecule has 0 aliphatic rings. The molecule has 33 heavy (non-hydrogen) atoms. The molecule has 0 spiro atoms. The number of methoxy groups -OCH3 is 1. The van der Waals surface area contributed by atoms with Gasteiger partial charge in [0.2, 0.25) is 5.82 Å². The van der Waals surface area contributed by atoms with Gasteiger partial charge in [-0.3, -0.25) is 0 Å². The van der Waals surface area contributed by atoms with Gasteiger partial charge in [-0.25, -0.2) is 9.18 Å². The van der Waals surface area contributed by atoms with Gasteiger partial charge in [-0.2, -0.15) is 18.2 Å². The maximum absolute atomic E-state index is 14.2. The van der Waals surface area contributed by atoms with Gasteiger partial charge >= 0.3 is 12.1 Å². The van der Waals surface area contributed by atoms with Gasteiger partial charge < -0.3 is 9.26 Å². The smallest absolute Gasteiger partial charge is 0.417 e. The highest BCUT2D eigenvalue weighted by molar-refractivity contribution is 5.90. The van der Waals surface area contributed by atoms with E-state index in [0.717, 1.165) is 19.2 Å². The van der Waals surface area contributed by atoms with Crippen LogP contribution >= 0.6 is 0 Å². The molecule has 0 atom stereocenters. The molecular formula is C24H16F4N2O3. The van der Waals surface area contributed by atoms with E-state index in [1.54, 1.807) is 31.2 Å². The molecule has 4 rings (SSSR count). The molecular weight excluding hydrogens is 440 g/mol. The molecule has 3 aromatic carbocycles. The van der Waals surface area contributed by atoms with Crippen LogP contribution in [-0.2, 0) is 10.9 Å². The van der Waals surface area contributed by atoms with Crippen LogP contribution < -0.4 is 0 Å². The number of nitrogens with zero attached hydrogens (tertiary/aromatic N) is 2. The summed E-state index contributed by atoms with van der Waals surface area (Å²) in [5.74, 6) is -1.91. The number of aryl methyl sites for hydroxylation is 1. The van der Waals surface area contributed by atoms with Crippen molar-refractivity contribution in [3.63, 3.8) is 0 Å². The van der Waals surface area contributed by atoms with Gasteiger partial charge in [-0.15, -0.1) is 0 Å². The summed E-state index contributed by atoms with van der Waals surface area (Å²) in [7, 11) is 1.13. The number of benzene rings is 3. The zero-order valence-corrected chi connectivity index (χ0v) is 17.4. The molecule has 0 unspecified atom stereocenters. The predicted octanol–water partition coefficient (Wildman–Crippen LogP) is 6.32. The number of ether oxygens (including phenoxy) is 1. The number of alkyl halides is 3. The molecule has 0 aliphatic carbocycles. The van der Waals surface area contributed by atoms with E-state index in [2.05, 4.69) is 14.9 Å². The zero-order chi connectivity index (χ0) is 23.8. The third-order valence-electron chi connectivity index (χ3n) is 5.07.